The molecule has 0 radical (unpaired) electrons. The Hall–Kier alpha value is -2.88. The lowest BCUT2D eigenvalue weighted by atomic mass is 9.98. The molecule has 150 valence electrons. The number of aromatic nitrogens is 2. The van der Waals surface area contributed by atoms with Crippen LogP contribution in [-0.4, -0.2) is 41.2 Å². The number of benzene rings is 1. The van der Waals surface area contributed by atoms with Gasteiger partial charge in [0.15, 0.2) is 11.6 Å². The smallest absolute Gasteiger partial charge is 0.373 e. The van der Waals surface area contributed by atoms with Gasteiger partial charge in [0.25, 0.3) is 0 Å². The fourth-order valence-corrected chi connectivity index (χ4v) is 3.08. The highest BCUT2D eigenvalue weighted by Crippen LogP contribution is 2.38. The lowest BCUT2D eigenvalue weighted by Crippen LogP contribution is -2.36. The molecule has 0 atom stereocenters. The Morgan fingerprint density at radius 3 is 2.68 bits per heavy atom. The number of hydrogen-bond acceptors (Lipinski definition) is 7. The van der Waals surface area contributed by atoms with Crippen LogP contribution in [0.5, 0.6) is 11.6 Å². The third kappa shape index (κ3) is 4.50. The molecule has 0 unspecified atom stereocenters. The Morgan fingerprint density at radius 1 is 1.29 bits per heavy atom. The topological polar surface area (TPSA) is 90.6 Å². The quantitative estimate of drug-likeness (QED) is 0.522. The van der Waals surface area contributed by atoms with Crippen LogP contribution < -0.4 is 9.64 Å². The first-order valence-electron chi connectivity index (χ1n) is 8.94. The zero-order valence-corrected chi connectivity index (χ0v) is 15.3. The number of hydrogen-bond donors (Lipinski definition) is 0. The molecule has 0 amide bonds. The van der Waals surface area contributed by atoms with Gasteiger partial charge in [0.05, 0.1) is 4.92 Å². The minimum Gasteiger partial charge on any atom is -0.430 e. The van der Waals surface area contributed by atoms with Crippen molar-refractivity contribution >= 4 is 11.5 Å². The minimum atomic E-state index is -0.980. The zero-order chi connectivity index (χ0) is 20.1. The highest BCUT2D eigenvalue weighted by molar-refractivity contribution is 5.63. The SMILES string of the molecule is CCOCC1CCN(c2ncnc(Oc3ccc(F)cc3F)c2[N+](=O)[O-])CC1. The van der Waals surface area contributed by atoms with E-state index in [4.69, 9.17) is 9.47 Å². The Labute approximate surface area is 160 Å². The van der Waals surface area contributed by atoms with Gasteiger partial charge in [0, 0.05) is 32.4 Å². The molecule has 2 heterocycles. The van der Waals surface area contributed by atoms with Crippen LogP contribution in [0.25, 0.3) is 0 Å². The van der Waals surface area contributed by atoms with E-state index in [1.165, 1.54) is 0 Å². The van der Waals surface area contributed by atoms with Crippen molar-refractivity contribution in [2.45, 2.75) is 19.8 Å². The molecule has 0 spiro atoms. The second-order valence-corrected chi connectivity index (χ2v) is 6.37. The van der Waals surface area contributed by atoms with E-state index in [2.05, 4.69) is 9.97 Å². The molecular weight excluding hydrogens is 374 g/mol. The Morgan fingerprint density at radius 2 is 2.04 bits per heavy atom. The van der Waals surface area contributed by atoms with Gasteiger partial charge in [-0.2, -0.15) is 4.98 Å². The van der Waals surface area contributed by atoms with Crippen molar-refractivity contribution in [1.82, 2.24) is 9.97 Å². The highest BCUT2D eigenvalue weighted by atomic mass is 19.1. The molecule has 1 aliphatic rings. The molecule has 0 bridgehead atoms. The average molecular weight is 394 g/mol. The summed E-state index contributed by atoms with van der Waals surface area (Å²) in [6.07, 6.45) is 2.75. The van der Waals surface area contributed by atoms with Crippen LogP contribution in [0.1, 0.15) is 19.8 Å². The van der Waals surface area contributed by atoms with Gasteiger partial charge in [-0.3, -0.25) is 10.1 Å². The molecule has 0 saturated carbocycles. The lowest BCUT2D eigenvalue weighted by Gasteiger charge is -2.32. The van der Waals surface area contributed by atoms with Crippen LogP contribution in [0, 0.1) is 27.7 Å². The largest absolute Gasteiger partial charge is 0.430 e. The first-order valence-corrected chi connectivity index (χ1v) is 8.94. The predicted octanol–water partition coefficient (Wildman–Crippen LogP) is 3.71. The second-order valence-electron chi connectivity index (χ2n) is 6.37. The van der Waals surface area contributed by atoms with Crippen LogP contribution in [0.15, 0.2) is 24.5 Å². The van der Waals surface area contributed by atoms with Gasteiger partial charge in [0.1, 0.15) is 12.1 Å². The Balaban J connectivity index is 1.83. The van der Waals surface area contributed by atoms with E-state index in [9.17, 15) is 18.9 Å². The molecule has 0 N–H and O–H groups in total. The molecule has 10 heteroatoms. The molecule has 3 rings (SSSR count). The van der Waals surface area contributed by atoms with Gasteiger partial charge in [-0.25, -0.2) is 13.8 Å². The molecule has 1 saturated heterocycles. The van der Waals surface area contributed by atoms with Crippen molar-refractivity contribution in [1.29, 1.82) is 0 Å². The fourth-order valence-electron chi connectivity index (χ4n) is 3.08. The molecular formula is C18H20F2N4O4. The summed E-state index contributed by atoms with van der Waals surface area (Å²) in [6, 6.07) is 2.68. The molecule has 28 heavy (non-hydrogen) atoms. The number of ether oxygens (including phenoxy) is 2. The third-order valence-electron chi connectivity index (χ3n) is 4.52. The average Bonchev–Trinajstić information content (AvgIpc) is 2.68. The maximum atomic E-state index is 13.9. The van der Waals surface area contributed by atoms with E-state index in [0.29, 0.717) is 38.3 Å². The van der Waals surface area contributed by atoms with E-state index < -0.39 is 28.1 Å². The summed E-state index contributed by atoms with van der Waals surface area (Å²) < 4.78 is 37.7. The standard InChI is InChI=1S/C18H20F2N4O4/c1-2-27-10-12-5-7-23(8-6-12)17-16(24(25)26)18(22-11-21-17)28-15-4-3-13(19)9-14(15)20/h3-4,9,11-12H,2,5-8,10H2,1H3. The van der Waals surface area contributed by atoms with Crippen LogP contribution in [0.2, 0.25) is 0 Å². The number of piperidine rings is 1. The highest BCUT2D eigenvalue weighted by Gasteiger charge is 2.31. The van der Waals surface area contributed by atoms with Gasteiger partial charge in [-0.1, -0.05) is 0 Å². The molecule has 2 aromatic rings. The first-order chi connectivity index (χ1) is 13.5. The van der Waals surface area contributed by atoms with E-state index in [1.54, 1.807) is 4.90 Å². The summed E-state index contributed by atoms with van der Waals surface area (Å²) in [5, 5.41) is 11.7. The Kier molecular flexibility index (Phi) is 6.30. The molecule has 1 aromatic heterocycles. The van der Waals surface area contributed by atoms with Gasteiger partial charge < -0.3 is 14.4 Å². The molecule has 8 nitrogen and oxygen atoms in total. The van der Waals surface area contributed by atoms with E-state index in [1.807, 2.05) is 6.92 Å². The van der Waals surface area contributed by atoms with Gasteiger partial charge in [-0.15, -0.1) is 0 Å². The van der Waals surface area contributed by atoms with Crippen molar-refractivity contribution < 1.29 is 23.2 Å². The summed E-state index contributed by atoms with van der Waals surface area (Å²) >= 11 is 0. The van der Waals surface area contributed by atoms with E-state index >= 15 is 0 Å². The summed E-state index contributed by atoms with van der Waals surface area (Å²) in [5.41, 5.74) is -0.450. The summed E-state index contributed by atoms with van der Waals surface area (Å²) in [5.74, 6) is -2.00. The Bertz CT molecular complexity index is 844. The normalized spacial score (nSPS) is 14.9. The van der Waals surface area contributed by atoms with Gasteiger partial charge in [-0.05, 0) is 37.8 Å². The summed E-state index contributed by atoms with van der Waals surface area (Å²) in [7, 11) is 0. The van der Waals surface area contributed by atoms with Crippen LogP contribution in [-0.2, 0) is 4.74 Å². The number of rotatable bonds is 7. The summed E-state index contributed by atoms with van der Waals surface area (Å²) in [4.78, 5) is 20.6. The van der Waals surface area contributed by atoms with Crippen LogP contribution in [0.4, 0.5) is 20.3 Å². The monoisotopic (exact) mass is 394 g/mol. The van der Waals surface area contributed by atoms with Crippen molar-refractivity contribution in [2.24, 2.45) is 5.92 Å². The van der Waals surface area contributed by atoms with Crippen molar-refractivity contribution in [2.75, 3.05) is 31.2 Å². The van der Waals surface area contributed by atoms with Crippen molar-refractivity contribution in [3.05, 3.63) is 46.3 Å². The lowest BCUT2D eigenvalue weighted by molar-refractivity contribution is -0.385. The maximum Gasteiger partial charge on any atom is 0.373 e. The van der Waals surface area contributed by atoms with E-state index in [0.717, 1.165) is 31.3 Å². The summed E-state index contributed by atoms with van der Waals surface area (Å²) in [6.45, 7) is 4.39. The number of nitrogens with zero attached hydrogens (tertiary/aromatic N) is 4. The molecule has 0 aliphatic carbocycles. The van der Waals surface area contributed by atoms with Crippen LogP contribution in [0.3, 0.4) is 0 Å². The van der Waals surface area contributed by atoms with Crippen LogP contribution >= 0.6 is 0 Å². The number of halogens is 2. The van der Waals surface area contributed by atoms with Crippen molar-refractivity contribution in [3.63, 3.8) is 0 Å². The first kappa shape index (κ1) is 19.9. The second kappa shape index (κ2) is 8.87. The molecule has 1 aliphatic heterocycles. The van der Waals surface area contributed by atoms with E-state index in [-0.39, 0.29) is 11.6 Å². The number of anilines is 1. The zero-order valence-electron chi connectivity index (χ0n) is 15.3. The molecule has 1 fully saturated rings. The van der Waals surface area contributed by atoms with Gasteiger partial charge in [0.2, 0.25) is 5.82 Å². The maximum absolute atomic E-state index is 13.9. The third-order valence-corrected chi connectivity index (χ3v) is 4.52. The van der Waals surface area contributed by atoms with Crippen molar-refractivity contribution in [3.8, 4) is 11.6 Å². The fraction of sp³-hybridized carbons (Fsp3) is 0.444. The number of nitro groups is 1. The minimum absolute atomic E-state index is 0.118. The predicted molar refractivity (Wildman–Crippen MR) is 96.5 cm³/mol. The molecule has 1 aromatic carbocycles. The van der Waals surface area contributed by atoms with Gasteiger partial charge >= 0.3 is 11.6 Å².